The second kappa shape index (κ2) is 7.46. The van der Waals surface area contributed by atoms with Crippen molar-refractivity contribution in [2.75, 3.05) is 0 Å². The third kappa shape index (κ3) is 4.22. The lowest BCUT2D eigenvalue weighted by molar-refractivity contribution is 0.641. The minimum absolute atomic E-state index is 0.132. The Hall–Kier alpha value is -0.550. The number of rotatable bonds is 5. The summed E-state index contributed by atoms with van der Waals surface area (Å²) in [5.74, 6) is 0. The van der Waals surface area contributed by atoms with Gasteiger partial charge in [0.05, 0.1) is 0 Å². The lowest BCUT2D eigenvalue weighted by Gasteiger charge is -2.14. The molecule has 1 aromatic heterocycles. The van der Waals surface area contributed by atoms with Crippen LogP contribution in [-0.2, 0) is 6.42 Å². The molecule has 0 radical (unpaired) electrons. The largest absolute Gasteiger partial charge is 0.327 e. The first-order valence-corrected chi connectivity index (χ1v) is 8.41. The van der Waals surface area contributed by atoms with Gasteiger partial charge in [0.15, 0.2) is 0 Å². The van der Waals surface area contributed by atoms with Gasteiger partial charge in [0.2, 0.25) is 0 Å². The molecule has 0 aliphatic rings. The predicted octanol–water partition coefficient (Wildman–Crippen LogP) is 4.93. The lowest BCUT2D eigenvalue weighted by Crippen LogP contribution is -2.21. The van der Waals surface area contributed by atoms with E-state index in [1.54, 1.807) is 18.0 Å². The summed E-state index contributed by atoms with van der Waals surface area (Å²) >= 11 is 11.3. The van der Waals surface area contributed by atoms with Crippen LogP contribution in [0.3, 0.4) is 0 Å². The highest BCUT2D eigenvalue weighted by molar-refractivity contribution is 9.10. The van der Waals surface area contributed by atoms with E-state index in [0.717, 1.165) is 37.8 Å². The summed E-state index contributed by atoms with van der Waals surface area (Å²) in [5, 5.41) is 1.72. The van der Waals surface area contributed by atoms with Crippen LogP contribution < -0.4 is 5.73 Å². The Morgan fingerprint density at radius 1 is 1.35 bits per heavy atom. The van der Waals surface area contributed by atoms with E-state index in [4.69, 9.17) is 17.3 Å². The van der Waals surface area contributed by atoms with Crippen LogP contribution in [0.5, 0.6) is 0 Å². The molecule has 0 aliphatic carbocycles. The highest BCUT2D eigenvalue weighted by Gasteiger charge is 2.12. The third-order valence-electron chi connectivity index (χ3n) is 2.98. The highest BCUT2D eigenvalue weighted by atomic mass is 79.9. The Bertz CT molecular complexity index is 575. The molecule has 0 spiro atoms. The second-order valence-electron chi connectivity index (χ2n) is 4.51. The van der Waals surface area contributed by atoms with Crippen molar-refractivity contribution in [2.45, 2.75) is 35.7 Å². The minimum atomic E-state index is 0.132. The first kappa shape index (κ1) is 15.8. The fourth-order valence-corrected chi connectivity index (χ4v) is 3.25. The van der Waals surface area contributed by atoms with Crippen molar-refractivity contribution in [2.24, 2.45) is 5.73 Å². The Balaban J connectivity index is 2.26. The van der Waals surface area contributed by atoms with Crippen LogP contribution in [-0.4, -0.2) is 11.0 Å². The maximum Gasteiger partial charge on any atom is 0.101 e. The molecule has 5 heteroatoms. The smallest absolute Gasteiger partial charge is 0.101 e. The minimum Gasteiger partial charge on any atom is -0.327 e. The molecule has 1 heterocycles. The number of nitrogens with two attached hydrogens (primary N) is 1. The van der Waals surface area contributed by atoms with Crippen LogP contribution in [0.25, 0.3) is 0 Å². The van der Waals surface area contributed by atoms with Gasteiger partial charge in [0, 0.05) is 26.6 Å². The molecule has 1 atom stereocenters. The second-order valence-corrected chi connectivity index (χ2v) is 6.89. The Morgan fingerprint density at radius 2 is 2.15 bits per heavy atom. The number of pyridine rings is 1. The van der Waals surface area contributed by atoms with Gasteiger partial charge in [-0.1, -0.05) is 36.4 Å². The lowest BCUT2D eigenvalue weighted by atomic mass is 10.0. The third-order valence-corrected chi connectivity index (χ3v) is 4.86. The fourth-order valence-electron chi connectivity index (χ4n) is 1.77. The molecule has 0 fully saturated rings. The SMILES string of the molecule is CCC(N)Cc1c(Cl)cccc1Sc1ccc(Br)cn1. The van der Waals surface area contributed by atoms with Crippen molar-refractivity contribution in [3.8, 4) is 0 Å². The summed E-state index contributed by atoms with van der Waals surface area (Å²) in [5.41, 5.74) is 7.18. The molecule has 2 nitrogen and oxygen atoms in total. The number of benzene rings is 1. The molecule has 0 aliphatic heterocycles. The van der Waals surface area contributed by atoms with Gasteiger partial charge in [0.25, 0.3) is 0 Å². The Labute approximate surface area is 137 Å². The molecule has 2 rings (SSSR count). The van der Waals surface area contributed by atoms with Crippen LogP contribution in [0.2, 0.25) is 5.02 Å². The number of hydrogen-bond donors (Lipinski definition) is 1. The first-order chi connectivity index (χ1) is 9.60. The number of hydrogen-bond acceptors (Lipinski definition) is 3. The van der Waals surface area contributed by atoms with Crippen molar-refractivity contribution >= 4 is 39.3 Å². The van der Waals surface area contributed by atoms with E-state index in [-0.39, 0.29) is 6.04 Å². The van der Waals surface area contributed by atoms with Crippen LogP contribution in [0, 0.1) is 0 Å². The van der Waals surface area contributed by atoms with Gasteiger partial charge >= 0.3 is 0 Å². The number of aromatic nitrogens is 1. The molecule has 106 valence electrons. The predicted molar refractivity (Wildman–Crippen MR) is 89.5 cm³/mol. The highest BCUT2D eigenvalue weighted by Crippen LogP contribution is 2.34. The normalized spacial score (nSPS) is 12.4. The summed E-state index contributed by atoms with van der Waals surface area (Å²) in [7, 11) is 0. The molecular formula is C15H16BrClN2S. The molecule has 0 bridgehead atoms. The molecule has 1 aromatic carbocycles. The molecule has 0 saturated heterocycles. The molecule has 0 amide bonds. The standard InChI is InChI=1S/C15H16BrClN2S/c1-2-11(18)8-12-13(17)4-3-5-14(12)20-15-7-6-10(16)9-19-15/h3-7,9,11H,2,8,18H2,1H3. The Kier molecular flexibility index (Phi) is 5.90. The maximum absolute atomic E-state index is 6.33. The van der Waals surface area contributed by atoms with Gasteiger partial charge in [-0.2, -0.15) is 0 Å². The molecule has 0 saturated carbocycles. The van der Waals surface area contributed by atoms with E-state index < -0.39 is 0 Å². The van der Waals surface area contributed by atoms with E-state index in [1.807, 2.05) is 24.3 Å². The fraction of sp³-hybridized carbons (Fsp3) is 0.267. The zero-order chi connectivity index (χ0) is 14.5. The monoisotopic (exact) mass is 370 g/mol. The maximum atomic E-state index is 6.33. The number of nitrogens with zero attached hydrogens (tertiary/aromatic N) is 1. The van der Waals surface area contributed by atoms with Crippen LogP contribution in [0.1, 0.15) is 18.9 Å². The van der Waals surface area contributed by atoms with Crippen LogP contribution >= 0.6 is 39.3 Å². The summed E-state index contributed by atoms with van der Waals surface area (Å²) in [6.45, 7) is 2.09. The van der Waals surface area contributed by atoms with Gasteiger partial charge in [-0.15, -0.1) is 0 Å². The first-order valence-electron chi connectivity index (χ1n) is 6.42. The van der Waals surface area contributed by atoms with Gasteiger partial charge in [0.1, 0.15) is 5.03 Å². The van der Waals surface area contributed by atoms with E-state index in [0.29, 0.717) is 0 Å². The van der Waals surface area contributed by atoms with Crippen LogP contribution in [0.4, 0.5) is 0 Å². The van der Waals surface area contributed by atoms with E-state index in [9.17, 15) is 0 Å². The van der Waals surface area contributed by atoms with E-state index >= 15 is 0 Å². The quantitative estimate of drug-likeness (QED) is 0.810. The Morgan fingerprint density at radius 3 is 2.80 bits per heavy atom. The van der Waals surface area contributed by atoms with Crippen molar-refractivity contribution in [1.29, 1.82) is 0 Å². The van der Waals surface area contributed by atoms with Crippen LogP contribution in [0.15, 0.2) is 50.9 Å². The summed E-state index contributed by atoms with van der Waals surface area (Å²) in [6, 6.07) is 10.0. The summed E-state index contributed by atoms with van der Waals surface area (Å²) in [4.78, 5) is 5.51. The molecule has 20 heavy (non-hydrogen) atoms. The zero-order valence-electron chi connectivity index (χ0n) is 11.1. The topological polar surface area (TPSA) is 38.9 Å². The van der Waals surface area contributed by atoms with Crippen molar-refractivity contribution in [1.82, 2.24) is 4.98 Å². The van der Waals surface area contributed by atoms with Gasteiger partial charge < -0.3 is 5.73 Å². The molecule has 2 N–H and O–H groups in total. The van der Waals surface area contributed by atoms with Gasteiger partial charge in [-0.05, 0) is 58.6 Å². The van der Waals surface area contributed by atoms with Crippen molar-refractivity contribution < 1.29 is 0 Å². The summed E-state index contributed by atoms with van der Waals surface area (Å²) < 4.78 is 0.973. The van der Waals surface area contributed by atoms with Gasteiger partial charge in [-0.25, -0.2) is 4.98 Å². The van der Waals surface area contributed by atoms with E-state index in [1.165, 1.54) is 0 Å². The van der Waals surface area contributed by atoms with Gasteiger partial charge in [-0.3, -0.25) is 0 Å². The zero-order valence-corrected chi connectivity index (χ0v) is 14.3. The molecule has 2 aromatic rings. The molecule has 1 unspecified atom stereocenters. The van der Waals surface area contributed by atoms with Crippen molar-refractivity contribution in [3.05, 3.63) is 51.6 Å². The van der Waals surface area contributed by atoms with Crippen molar-refractivity contribution in [3.63, 3.8) is 0 Å². The average molecular weight is 372 g/mol. The average Bonchev–Trinajstić information content (AvgIpc) is 2.45. The molecular weight excluding hydrogens is 356 g/mol. The number of halogens is 2. The summed E-state index contributed by atoms with van der Waals surface area (Å²) in [6.07, 6.45) is 3.52. The van der Waals surface area contributed by atoms with E-state index in [2.05, 4.69) is 33.9 Å².